The number of amides is 1. The van der Waals surface area contributed by atoms with Gasteiger partial charge >= 0.3 is 6.09 Å². The third-order valence-corrected chi connectivity index (χ3v) is 3.42. The van der Waals surface area contributed by atoms with E-state index in [4.69, 9.17) is 4.74 Å². The molecule has 7 heteroatoms. The van der Waals surface area contributed by atoms with Crippen molar-refractivity contribution < 1.29 is 9.53 Å². The van der Waals surface area contributed by atoms with Gasteiger partial charge in [0.15, 0.2) is 5.96 Å². The van der Waals surface area contributed by atoms with Crippen molar-refractivity contribution in [3.63, 3.8) is 0 Å². The maximum absolute atomic E-state index is 11.5. The topological polar surface area (TPSA) is 78.0 Å². The van der Waals surface area contributed by atoms with Crippen LogP contribution >= 0.6 is 0 Å². The van der Waals surface area contributed by atoms with Gasteiger partial charge in [-0.05, 0) is 61.1 Å². The van der Waals surface area contributed by atoms with Gasteiger partial charge in [-0.2, -0.15) is 0 Å². The number of aliphatic imine (C=N–C) groups is 1. The summed E-state index contributed by atoms with van der Waals surface area (Å²) in [4.78, 5) is 18.0. The lowest BCUT2D eigenvalue weighted by atomic mass is 10.2. The Bertz CT molecular complexity index is 378. The first-order valence-electron chi connectivity index (χ1n) is 8.77. The van der Waals surface area contributed by atoms with E-state index in [9.17, 15) is 4.79 Å². The minimum absolute atomic E-state index is 0.401. The Morgan fingerprint density at radius 1 is 1.08 bits per heavy atom. The number of ether oxygens (including phenoxy) is 1. The average molecular weight is 344 g/mol. The molecule has 0 aliphatic rings. The number of alkyl carbamates (subject to hydrolysis) is 1. The van der Waals surface area contributed by atoms with Crippen molar-refractivity contribution in [3.05, 3.63) is 0 Å². The molecular formula is C17H37N5O2. The number of unbranched alkanes of at least 4 members (excludes halogenated alkanes) is 1. The van der Waals surface area contributed by atoms with Gasteiger partial charge in [0.25, 0.3) is 0 Å². The molecule has 0 aliphatic carbocycles. The van der Waals surface area contributed by atoms with Crippen molar-refractivity contribution in [3.8, 4) is 0 Å². The Hall–Kier alpha value is -1.50. The van der Waals surface area contributed by atoms with Crippen molar-refractivity contribution in [2.45, 2.75) is 59.1 Å². The molecule has 0 aromatic heterocycles. The van der Waals surface area contributed by atoms with Gasteiger partial charge in [0, 0.05) is 32.7 Å². The molecule has 1 amide bonds. The number of carbonyl (C=O) groups is 1. The van der Waals surface area contributed by atoms with Crippen LogP contribution in [0.1, 0.15) is 47.5 Å². The fourth-order valence-electron chi connectivity index (χ4n) is 1.83. The minimum Gasteiger partial charge on any atom is -0.444 e. The smallest absolute Gasteiger partial charge is 0.407 e. The van der Waals surface area contributed by atoms with Crippen LogP contribution in [0, 0.1) is 0 Å². The van der Waals surface area contributed by atoms with Gasteiger partial charge in [-0.25, -0.2) is 4.79 Å². The standard InChI is InChI=1S/C17H37N5O2/c1-14(2)22(7)13-9-8-10-19-15(18-6)20-11-12-21-16(23)24-17(3,4)5/h14H,8-13H2,1-7H3,(H,21,23)(H2,18,19,20). The van der Waals surface area contributed by atoms with Crippen LogP contribution in [0.5, 0.6) is 0 Å². The zero-order valence-corrected chi connectivity index (χ0v) is 16.5. The Morgan fingerprint density at radius 3 is 2.21 bits per heavy atom. The van der Waals surface area contributed by atoms with Gasteiger partial charge in [0.2, 0.25) is 0 Å². The second-order valence-corrected chi connectivity index (χ2v) is 7.14. The van der Waals surface area contributed by atoms with Gasteiger partial charge in [-0.15, -0.1) is 0 Å². The first-order valence-corrected chi connectivity index (χ1v) is 8.77. The average Bonchev–Trinajstić information content (AvgIpc) is 2.46. The van der Waals surface area contributed by atoms with Crippen LogP contribution in [0.25, 0.3) is 0 Å². The van der Waals surface area contributed by atoms with E-state index in [0.717, 1.165) is 31.9 Å². The Kier molecular flexibility index (Phi) is 11.2. The monoisotopic (exact) mass is 343 g/mol. The van der Waals surface area contributed by atoms with Gasteiger partial charge in [-0.3, -0.25) is 4.99 Å². The molecule has 0 bridgehead atoms. The lowest BCUT2D eigenvalue weighted by Crippen LogP contribution is -2.42. The van der Waals surface area contributed by atoms with Crippen LogP contribution in [-0.4, -0.2) is 68.9 Å². The first kappa shape index (κ1) is 22.5. The fraction of sp³-hybridized carbons (Fsp3) is 0.882. The highest BCUT2D eigenvalue weighted by molar-refractivity contribution is 5.79. The molecule has 0 unspecified atom stereocenters. The number of nitrogens with zero attached hydrogens (tertiary/aromatic N) is 2. The van der Waals surface area contributed by atoms with Crippen LogP contribution in [0.2, 0.25) is 0 Å². The van der Waals surface area contributed by atoms with E-state index in [-0.39, 0.29) is 0 Å². The number of rotatable bonds is 9. The lowest BCUT2D eigenvalue weighted by molar-refractivity contribution is 0.0529. The molecule has 3 N–H and O–H groups in total. The van der Waals surface area contributed by atoms with E-state index in [0.29, 0.717) is 19.1 Å². The molecule has 0 radical (unpaired) electrons. The van der Waals surface area contributed by atoms with Crippen molar-refractivity contribution in [2.24, 2.45) is 4.99 Å². The molecule has 0 fully saturated rings. The highest BCUT2D eigenvalue weighted by atomic mass is 16.6. The quantitative estimate of drug-likeness (QED) is 0.338. The van der Waals surface area contributed by atoms with Crippen LogP contribution < -0.4 is 16.0 Å². The number of guanidine groups is 1. The number of carbonyl (C=O) groups excluding carboxylic acids is 1. The van der Waals surface area contributed by atoms with Crippen molar-refractivity contribution in [1.82, 2.24) is 20.9 Å². The van der Waals surface area contributed by atoms with Gasteiger partial charge in [-0.1, -0.05) is 0 Å². The molecule has 0 aliphatic heterocycles. The van der Waals surface area contributed by atoms with Crippen LogP contribution in [0.3, 0.4) is 0 Å². The molecule has 142 valence electrons. The van der Waals surface area contributed by atoms with Gasteiger partial charge in [0.05, 0.1) is 0 Å². The molecule has 7 nitrogen and oxygen atoms in total. The van der Waals surface area contributed by atoms with Crippen LogP contribution in [-0.2, 0) is 4.74 Å². The summed E-state index contributed by atoms with van der Waals surface area (Å²) < 4.78 is 5.17. The van der Waals surface area contributed by atoms with Crippen LogP contribution in [0.15, 0.2) is 4.99 Å². The molecule has 0 spiro atoms. The van der Waals surface area contributed by atoms with Crippen molar-refractivity contribution in [2.75, 3.05) is 40.3 Å². The van der Waals surface area contributed by atoms with E-state index < -0.39 is 11.7 Å². The molecule has 0 aromatic carbocycles. The third kappa shape index (κ3) is 13.0. The summed E-state index contributed by atoms with van der Waals surface area (Å²) >= 11 is 0. The zero-order chi connectivity index (χ0) is 18.6. The van der Waals surface area contributed by atoms with E-state index in [1.165, 1.54) is 0 Å². The molecule has 0 heterocycles. The summed E-state index contributed by atoms with van der Waals surface area (Å²) in [6, 6.07) is 0.588. The summed E-state index contributed by atoms with van der Waals surface area (Å²) in [6.45, 7) is 13.0. The normalized spacial score (nSPS) is 12.5. The summed E-state index contributed by atoms with van der Waals surface area (Å²) in [5, 5.41) is 9.14. The van der Waals surface area contributed by atoms with Gasteiger partial charge < -0.3 is 25.6 Å². The van der Waals surface area contributed by atoms with Crippen molar-refractivity contribution >= 4 is 12.1 Å². The highest BCUT2D eigenvalue weighted by Gasteiger charge is 2.15. The summed E-state index contributed by atoms with van der Waals surface area (Å²) in [6.07, 6.45) is 1.84. The Labute approximate surface area is 147 Å². The Balaban J connectivity index is 3.73. The molecule has 0 saturated carbocycles. The van der Waals surface area contributed by atoms with E-state index in [1.54, 1.807) is 7.05 Å². The molecule has 24 heavy (non-hydrogen) atoms. The Morgan fingerprint density at radius 2 is 1.67 bits per heavy atom. The highest BCUT2D eigenvalue weighted by Crippen LogP contribution is 2.05. The predicted molar refractivity (Wildman–Crippen MR) is 101 cm³/mol. The van der Waals surface area contributed by atoms with E-state index in [1.807, 2.05) is 20.8 Å². The van der Waals surface area contributed by atoms with Crippen LogP contribution in [0.4, 0.5) is 4.79 Å². The third-order valence-electron chi connectivity index (χ3n) is 3.42. The molecule has 0 aromatic rings. The maximum atomic E-state index is 11.5. The first-order chi connectivity index (χ1) is 11.2. The lowest BCUT2D eigenvalue weighted by Gasteiger charge is -2.21. The number of hydrogen-bond acceptors (Lipinski definition) is 4. The number of nitrogens with one attached hydrogen (secondary N) is 3. The predicted octanol–water partition coefficient (Wildman–Crippen LogP) is 1.80. The maximum Gasteiger partial charge on any atom is 0.407 e. The van der Waals surface area contributed by atoms with E-state index >= 15 is 0 Å². The second-order valence-electron chi connectivity index (χ2n) is 7.14. The minimum atomic E-state index is -0.473. The van der Waals surface area contributed by atoms with Gasteiger partial charge in [0.1, 0.15) is 5.60 Å². The summed E-state index contributed by atoms with van der Waals surface area (Å²) in [5.41, 5.74) is -0.473. The number of hydrogen-bond donors (Lipinski definition) is 3. The molecular weight excluding hydrogens is 306 g/mol. The molecule has 0 saturated heterocycles. The fourth-order valence-corrected chi connectivity index (χ4v) is 1.83. The second kappa shape index (κ2) is 11.9. The largest absolute Gasteiger partial charge is 0.444 e. The molecule has 0 rings (SSSR count). The summed E-state index contributed by atoms with van der Waals surface area (Å²) in [5.74, 6) is 0.748. The SMILES string of the molecule is CN=C(NCCCCN(C)C(C)C)NCCNC(=O)OC(C)(C)C. The van der Waals surface area contributed by atoms with Crippen molar-refractivity contribution in [1.29, 1.82) is 0 Å². The molecule has 0 atom stereocenters. The zero-order valence-electron chi connectivity index (χ0n) is 16.5. The van der Waals surface area contributed by atoms with E-state index in [2.05, 4.69) is 46.7 Å². The summed E-state index contributed by atoms with van der Waals surface area (Å²) in [7, 11) is 3.89.